The fourth-order valence-corrected chi connectivity index (χ4v) is 6.39. The third kappa shape index (κ3) is 5.16. The monoisotopic (exact) mass is 577 g/mol. The largest absolute Gasteiger partial charge is 0.507 e. The van der Waals surface area contributed by atoms with E-state index in [1.54, 1.807) is 0 Å². The highest BCUT2D eigenvalue weighted by Gasteiger charge is 2.69. The van der Waals surface area contributed by atoms with Crippen molar-refractivity contribution in [2.45, 2.75) is 37.1 Å². The molecule has 4 N–H and O–H groups in total. The van der Waals surface area contributed by atoms with E-state index in [-0.39, 0.29) is 31.5 Å². The number of rotatable bonds is 5. The Balaban J connectivity index is 1.71. The van der Waals surface area contributed by atoms with Gasteiger partial charge in [-0.2, -0.15) is 13.2 Å². The number of benzene rings is 1. The molecule has 4 rings (SSSR count). The first-order chi connectivity index (χ1) is 19.0. The van der Waals surface area contributed by atoms with Gasteiger partial charge in [0, 0.05) is 18.0 Å². The fraction of sp³-hybridized carbons (Fsp3) is 0.536. The molecular weight excluding hydrogens is 547 g/mol. The van der Waals surface area contributed by atoms with Gasteiger partial charge in [-0.05, 0) is 57.6 Å². The Hall–Kier alpha value is -3.60. The van der Waals surface area contributed by atoms with E-state index in [0.29, 0.717) is 11.1 Å². The number of aromatic hydroxyl groups is 1. The summed E-state index contributed by atoms with van der Waals surface area (Å²) < 4.78 is 37.5. The molecule has 2 saturated carbocycles. The molecule has 1 amide bonds. The molecule has 0 spiro atoms. The topological polar surface area (TPSA) is 158 Å². The number of halogens is 3. The van der Waals surface area contributed by atoms with Gasteiger partial charge in [-0.25, -0.2) is 0 Å². The van der Waals surface area contributed by atoms with Gasteiger partial charge in [0.2, 0.25) is 5.91 Å². The van der Waals surface area contributed by atoms with Crippen LogP contribution in [0.15, 0.2) is 12.1 Å². The van der Waals surface area contributed by atoms with Gasteiger partial charge < -0.3 is 15.9 Å². The van der Waals surface area contributed by atoms with Crippen molar-refractivity contribution in [3.05, 3.63) is 28.8 Å². The number of likely N-dealkylation sites (N-methyl/N-ethyl adjacent to an activating group) is 1. The van der Waals surface area contributed by atoms with E-state index in [0.717, 1.165) is 0 Å². The Morgan fingerprint density at radius 3 is 2.39 bits per heavy atom. The van der Waals surface area contributed by atoms with Crippen LogP contribution in [-0.4, -0.2) is 101 Å². The summed E-state index contributed by atoms with van der Waals surface area (Å²) in [7, 11) is 4.46. The second-order valence-electron chi connectivity index (χ2n) is 11.2. The lowest BCUT2D eigenvalue weighted by molar-refractivity contribution is -0.181. The second kappa shape index (κ2) is 10.7. The molecule has 0 aromatic heterocycles. The van der Waals surface area contributed by atoms with E-state index in [9.17, 15) is 47.4 Å². The predicted octanol–water partition coefficient (Wildman–Crippen LogP) is 0.103. The quantitative estimate of drug-likeness (QED) is 0.326. The van der Waals surface area contributed by atoms with E-state index in [4.69, 9.17) is 5.73 Å². The van der Waals surface area contributed by atoms with Gasteiger partial charge in [-0.15, -0.1) is 0 Å². The molecule has 10 nitrogen and oxygen atoms in total. The zero-order valence-electron chi connectivity index (χ0n) is 22.6. The maximum atomic E-state index is 13.8. The number of nitrogens with zero attached hydrogens (tertiary/aromatic N) is 2. The van der Waals surface area contributed by atoms with E-state index in [1.807, 2.05) is 0 Å². The molecular formula is C28H30F3N3O7. The van der Waals surface area contributed by atoms with Crippen LogP contribution in [0.5, 0.6) is 5.75 Å². The lowest BCUT2D eigenvalue weighted by Crippen LogP contribution is -2.74. The molecule has 3 aliphatic rings. The van der Waals surface area contributed by atoms with Gasteiger partial charge in [0.15, 0.2) is 34.7 Å². The van der Waals surface area contributed by atoms with E-state index < -0.39 is 82.7 Å². The summed E-state index contributed by atoms with van der Waals surface area (Å²) in [4.78, 5) is 68.7. The fourth-order valence-electron chi connectivity index (χ4n) is 6.39. The van der Waals surface area contributed by atoms with Crippen molar-refractivity contribution in [2.24, 2.45) is 29.4 Å². The van der Waals surface area contributed by atoms with Crippen molar-refractivity contribution in [2.75, 3.05) is 34.2 Å². The molecule has 0 bridgehead atoms. The van der Waals surface area contributed by atoms with Crippen LogP contribution in [0.4, 0.5) is 13.2 Å². The van der Waals surface area contributed by atoms with Crippen LogP contribution in [0, 0.1) is 35.5 Å². The summed E-state index contributed by atoms with van der Waals surface area (Å²) in [5.41, 5.74) is 2.94. The minimum absolute atomic E-state index is 0.00487. The number of phenolic OH excluding ortho intramolecular Hbond substituents is 1. The van der Waals surface area contributed by atoms with Gasteiger partial charge in [-0.3, -0.25) is 33.8 Å². The van der Waals surface area contributed by atoms with Gasteiger partial charge in [0.25, 0.3) is 0 Å². The molecule has 220 valence electrons. The van der Waals surface area contributed by atoms with Gasteiger partial charge >= 0.3 is 6.18 Å². The summed E-state index contributed by atoms with van der Waals surface area (Å²) in [6.07, 6.45) is -5.38. The second-order valence-corrected chi connectivity index (χ2v) is 11.2. The standard InChI is InChI=1S/C28H30F3N3O7/c1-33(2)21-16-12-14-11-15-13(5-4-9-34(3)10-8-27(29,30)31)6-7-17(35)19(15)22(36)18(14)24(38)28(16,41)25(39)20(23(21)37)26(32)40/h6-7,14,16,18,20-21,35,41H,8-12H2,1-3H3,(H2,32,40)/t14-,16-,18?,20?,21-,28-/m0/s1. The molecule has 41 heavy (non-hydrogen) atoms. The van der Waals surface area contributed by atoms with Crippen molar-refractivity contribution < 1.29 is 47.4 Å². The Morgan fingerprint density at radius 1 is 1.15 bits per heavy atom. The molecule has 0 aliphatic heterocycles. The zero-order chi connectivity index (χ0) is 30.6. The first-order valence-corrected chi connectivity index (χ1v) is 12.9. The smallest absolute Gasteiger partial charge is 0.390 e. The molecule has 0 radical (unpaired) electrons. The lowest BCUT2D eigenvalue weighted by Gasteiger charge is -2.52. The number of alkyl halides is 3. The SMILES string of the molecule is CN(CC#Cc1ccc(O)c2c1C[C@H]1C[C@H]3[C@H](N(C)C)C(=O)C(C(N)=O)C(=O)[C@@]3(O)C(=O)C1C2=O)CCC(F)(F)F. The normalized spacial score (nSPS) is 29.5. The van der Waals surface area contributed by atoms with Gasteiger partial charge in [-0.1, -0.05) is 11.8 Å². The highest BCUT2D eigenvalue weighted by Crippen LogP contribution is 2.50. The van der Waals surface area contributed by atoms with Crippen LogP contribution in [0.1, 0.15) is 34.3 Å². The number of fused-ring (bicyclic) bond motifs is 3. The van der Waals surface area contributed by atoms with Gasteiger partial charge in [0.1, 0.15) is 5.75 Å². The number of primary amides is 1. The highest BCUT2D eigenvalue weighted by molar-refractivity contribution is 6.32. The molecule has 2 fully saturated rings. The van der Waals surface area contributed by atoms with Crippen LogP contribution in [-0.2, 0) is 25.6 Å². The average Bonchev–Trinajstić information content (AvgIpc) is 2.85. The number of hydrogen-bond acceptors (Lipinski definition) is 9. The predicted molar refractivity (Wildman–Crippen MR) is 136 cm³/mol. The summed E-state index contributed by atoms with van der Waals surface area (Å²) in [5.74, 6) is -5.91. The van der Waals surface area contributed by atoms with E-state index in [1.165, 1.54) is 43.1 Å². The van der Waals surface area contributed by atoms with Crippen molar-refractivity contribution in [3.63, 3.8) is 0 Å². The Morgan fingerprint density at radius 2 is 1.80 bits per heavy atom. The molecule has 3 aliphatic carbocycles. The van der Waals surface area contributed by atoms with Crippen LogP contribution in [0.25, 0.3) is 0 Å². The number of hydrogen-bond donors (Lipinski definition) is 3. The summed E-state index contributed by atoms with van der Waals surface area (Å²) in [6.45, 7) is -0.267. The first-order valence-electron chi connectivity index (χ1n) is 12.9. The maximum absolute atomic E-state index is 13.8. The number of ketones is 4. The summed E-state index contributed by atoms with van der Waals surface area (Å²) in [5, 5.41) is 22.1. The zero-order valence-corrected chi connectivity index (χ0v) is 22.6. The minimum atomic E-state index is -4.31. The Labute approximate surface area is 233 Å². The van der Waals surface area contributed by atoms with Crippen LogP contribution >= 0.6 is 0 Å². The van der Waals surface area contributed by atoms with Crippen LogP contribution < -0.4 is 5.73 Å². The Kier molecular flexibility index (Phi) is 7.90. The Bertz CT molecular complexity index is 1400. The molecule has 0 heterocycles. The number of amides is 1. The summed E-state index contributed by atoms with van der Waals surface area (Å²) >= 11 is 0. The third-order valence-corrected chi connectivity index (χ3v) is 8.29. The molecule has 13 heteroatoms. The highest BCUT2D eigenvalue weighted by atomic mass is 19.4. The van der Waals surface area contributed by atoms with Crippen molar-refractivity contribution >= 4 is 29.0 Å². The number of aliphatic hydroxyl groups is 1. The lowest BCUT2D eigenvalue weighted by atomic mass is 9.52. The van der Waals surface area contributed by atoms with Crippen molar-refractivity contribution in [3.8, 4) is 17.6 Å². The first kappa shape index (κ1) is 30.4. The number of carbonyl (C=O) groups is 5. The number of Topliss-reactive ketones (excluding diaryl/α,β-unsaturated/α-hetero) is 4. The number of phenols is 1. The molecule has 1 aromatic carbocycles. The van der Waals surface area contributed by atoms with E-state index >= 15 is 0 Å². The minimum Gasteiger partial charge on any atom is -0.507 e. The van der Waals surface area contributed by atoms with Crippen LogP contribution in [0.2, 0.25) is 0 Å². The number of carbonyl (C=O) groups excluding carboxylic acids is 5. The van der Waals surface area contributed by atoms with Gasteiger partial charge in [0.05, 0.1) is 30.5 Å². The summed E-state index contributed by atoms with van der Waals surface area (Å²) in [6, 6.07) is 1.45. The molecule has 1 aromatic rings. The molecule has 2 unspecified atom stereocenters. The molecule has 0 saturated heterocycles. The maximum Gasteiger partial charge on any atom is 0.390 e. The van der Waals surface area contributed by atoms with E-state index in [2.05, 4.69) is 11.8 Å². The third-order valence-electron chi connectivity index (χ3n) is 8.29. The molecule has 6 atom stereocenters. The van der Waals surface area contributed by atoms with Crippen LogP contribution in [0.3, 0.4) is 0 Å². The number of nitrogens with two attached hydrogens (primary N) is 1. The van der Waals surface area contributed by atoms with Crippen molar-refractivity contribution in [1.29, 1.82) is 0 Å². The van der Waals surface area contributed by atoms with Crippen molar-refractivity contribution in [1.82, 2.24) is 9.80 Å². The average molecular weight is 578 g/mol.